The quantitative estimate of drug-likeness (QED) is 0.710. The maximum absolute atomic E-state index is 12.4. The molecule has 0 aliphatic heterocycles. The summed E-state index contributed by atoms with van der Waals surface area (Å²) in [6.45, 7) is 3.39. The van der Waals surface area contributed by atoms with Crippen LogP contribution in [-0.4, -0.2) is 27.8 Å². The molecule has 1 aliphatic carbocycles. The lowest BCUT2D eigenvalue weighted by molar-refractivity contribution is -0.121. The molecular formula is C20H22N2O4S. The molecule has 1 amide bonds. The van der Waals surface area contributed by atoms with Crippen molar-refractivity contribution in [3.05, 3.63) is 50.5 Å². The van der Waals surface area contributed by atoms with Crippen LogP contribution in [-0.2, 0) is 17.6 Å². The Labute approximate surface area is 161 Å². The van der Waals surface area contributed by atoms with E-state index < -0.39 is 12.0 Å². The minimum Gasteiger partial charge on any atom is -0.477 e. The van der Waals surface area contributed by atoms with E-state index in [1.165, 1.54) is 11.1 Å². The number of aryl methyl sites for hydroxylation is 3. The van der Waals surface area contributed by atoms with Crippen molar-refractivity contribution >= 4 is 29.0 Å². The number of carbonyl (C=O) groups excluding carboxylic acids is 2. The molecule has 0 spiro atoms. The molecule has 1 unspecified atom stereocenters. The number of Topliss-reactive ketones (excluding diaryl/α,β-unsaturated/α-hetero) is 1. The average molecular weight is 386 g/mol. The highest BCUT2D eigenvalue weighted by atomic mass is 32.1. The summed E-state index contributed by atoms with van der Waals surface area (Å²) in [7, 11) is 0. The van der Waals surface area contributed by atoms with Gasteiger partial charge in [-0.15, -0.1) is 11.3 Å². The van der Waals surface area contributed by atoms with Gasteiger partial charge in [0.05, 0.1) is 11.7 Å². The first-order chi connectivity index (χ1) is 12.8. The van der Waals surface area contributed by atoms with Crippen LogP contribution in [0.5, 0.6) is 0 Å². The standard InChI is InChI=1S/C20H22N2O4S/c1-11-18(20(25)26)27-19(22-11)12(2)21-17(24)9-8-16(23)15-7-6-13-4-3-5-14(13)10-15/h6-7,10,12H,3-5,8-9H2,1-2H3,(H,21,24)(H,25,26). The van der Waals surface area contributed by atoms with Gasteiger partial charge in [-0.3, -0.25) is 9.59 Å². The Morgan fingerprint density at radius 1 is 1.22 bits per heavy atom. The van der Waals surface area contributed by atoms with Gasteiger partial charge in [0.15, 0.2) is 5.78 Å². The van der Waals surface area contributed by atoms with Crippen molar-refractivity contribution < 1.29 is 19.5 Å². The van der Waals surface area contributed by atoms with E-state index >= 15 is 0 Å². The van der Waals surface area contributed by atoms with Crippen molar-refractivity contribution in [1.82, 2.24) is 10.3 Å². The van der Waals surface area contributed by atoms with Crippen LogP contribution in [0.15, 0.2) is 18.2 Å². The van der Waals surface area contributed by atoms with E-state index in [-0.39, 0.29) is 29.4 Å². The zero-order chi connectivity index (χ0) is 19.6. The first-order valence-corrected chi connectivity index (χ1v) is 9.81. The molecule has 1 aliphatic rings. The molecule has 1 heterocycles. The number of hydrogen-bond acceptors (Lipinski definition) is 5. The summed E-state index contributed by atoms with van der Waals surface area (Å²) in [5, 5.41) is 12.4. The SMILES string of the molecule is Cc1nc(C(C)NC(=O)CCC(=O)c2ccc3c(c2)CCC3)sc1C(=O)O. The van der Waals surface area contributed by atoms with Gasteiger partial charge in [0.1, 0.15) is 9.88 Å². The molecule has 1 atom stereocenters. The molecule has 7 heteroatoms. The van der Waals surface area contributed by atoms with Crippen LogP contribution in [0, 0.1) is 6.92 Å². The molecule has 0 saturated carbocycles. The second kappa shape index (κ2) is 8.00. The molecule has 3 rings (SSSR count). The van der Waals surface area contributed by atoms with Crippen molar-refractivity contribution in [3.63, 3.8) is 0 Å². The molecule has 0 fully saturated rings. The zero-order valence-electron chi connectivity index (χ0n) is 15.4. The molecule has 1 aromatic heterocycles. The van der Waals surface area contributed by atoms with Crippen molar-refractivity contribution in [2.24, 2.45) is 0 Å². The van der Waals surface area contributed by atoms with E-state index in [4.69, 9.17) is 5.11 Å². The fourth-order valence-corrected chi connectivity index (χ4v) is 4.20. The third-order valence-electron chi connectivity index (χ3n) is 4.75. The van der Waals surface area contributed by atoms with Crippen molar-refractivity contribution in [2.45, 2.75) is 52.0 Å². The van der Waals surface area contributed by atoms with Crippen molar-refractivity contribution in [3.8, 4) is 0 Å². The number of thiazole rings is 1. The van der Waals surface area contributed by atoms with Gasteiger partial charge < -0.3 is 10.4 Å². The number of benzene rings is 1. The third kappa shape index (κ3) is 4.42. The monoisotopic (exact) mass is 386 g/mol. The maximum atomic E-state index is 12.4. The minimum atomic E-state index is -1.02. The summed E-state index contributed by atoms with van der Waals surface area (Å²) >= 11 is 1.06. The van der Waals surface area contributed by atoms with Crippen molar-refractivity contribution in [2.75, 3.05) is 0 Å². The number of carboxylic acids is 1. The largest absolute Gasteiger partial charge is 0.477 e. The van der Waals surface area contributed by atoms with E-state index in [0.717, 1.165) is 30.6 Å². The lowest BCUT2D eigenvalue weighted by Gasteiger charge is -2.11. The molecule has 0 saturated heterocycles. The summed E-state index contributed by atoms with van der Waals surface area (Å²) in [5.74, 6) is -1.30. The van der Waals surface area contributed by atoms with Crippen LogP contribution in [0.3, 0.4) is 0 Å². The Balaban J connectivity index is 1.54. The molecule has 1 aromatic carbocycles. The average Bonchev–Trinajstić information content (AvgIpc) is 3.25. The highest BCUT2D eigenvalue weighted by molar-refractivity contribution is 7.13. The highest BCUT2D eigenvalue weighted by Crippen LogP contribution is 2.25. The van der Waals surface area contributed by atoms with Gasteiger partial charge >= 0.3 is 5.97 Å². The molecular weight excluding hydrogens is 364 g/mol. The predicted molar refractivity (Wildman–Crippen MR) is 102 cm³/mol. The van der Waals surface area contributed by atoms with Gasteiger partial charge in [-0.05, 0) is 50.3 Å². The van der Waals surface area contributed by atoms with Crippen LogP contribution in [0.1, 0.15) is 74.1 Å². The van der Waals surface area contributed by atoms with Crippen molar-refractivity contribution in [1.29, 1.82) is 0 Å². The van der Waals surface area contributed by atoms with Crippen LogP contribution in [0.4, 0.5) is 0 Å². The fourth-order valence-electron chi connectivity index (χ4n) is 3.29. The Morgan fingerprint density at radius 2 is 1.96 bits per heavy atom. The molecule has 27 heavy (non-hydrogen) atoms. The summed E-state index contributed by atoms with van der Waals surface area (Å²) in [6, 6.07) is 5.42. The topological polar surface area (TPSA) is 96.4 Å². The molecule has 2 aromatic rings. The molecule has 0 bridgehead atoms. The first-order valence-electron chi connectivity index (χ1n) is 9.00. The lowest BCUT2D eigenvalue weighted by atomic mass is 10.0. The summed E-state index contributed by atoms with van der Waals surface area (Å²) in [6.07, 6.45) is 3.46. The summed E-state index contributed by atoms with van der Waals surface area (Å²) in [4.78, 5) is 40.0. The smallest absolute Gasteiger partial charge is 0.347 e. The van der Waals surface area contributed by atoms with E-state index in [1.54, 1.807) is 13.8 Å². The van der Waals surface area contributed by atoms with Gasteiger partial charge in [0.2, 0.25) is 5.91 Å². The van der Waals surface area contributed by atoms with Gasteiger partial charge in [-0.2, -0.15) is 0 Å². The normalized spacial score (nSPS) is 13.9. The second-order valence-electron chi connectivity index (χ2n) is 6.82. The second-order valence-corrected chi connectivity index (χ2v) is 7.85. The van der Waals surface area contributed by atoms with Gasteiger partial charge in [-0.25, -0.2) is 9.78 Å². The van der Waals surface area contributed by atoms with Crippen LogP contribution in [0.25, 0.3) is 0 Å². The number of hydrogen-bond donors (Lipinski definition) is 2. The molecule has 0 radical (unpaired) electrons. The highest BCUT2D eigenvalue weighted by Gasteiger charge is 2.20. The van der Waals surface area contributed by atoms with E-state index in [0.29, 0.717) is 16.3 Å². The van der Waals surface area contributed by atoms with Crippen LogP contribution >= 0.6 is 11.3 Å². The maximum Gasteiger partial charge on any atom is 0.347 e. The van der Waals surface area contributed by atoms with Gasteiger partial charge in [0.25, 0.3) is 0 Å². The van der Waals surface area contributed by atoms with Crippen LogP contribution < -0.4 is 5.32 Å². The number of aromatic nitrogens is 1. The first kappa shape index (κ1) is 19.2. The number of aromatic carboxylic acids is 1. The zero-order valence-corrected chi connectivity index (χ0v) is 16.2. The number of nitrogens with one attached hydrogen (secondary N) is 1. The Morgan fingerprint density at radius 3 is 2.67 bits per heavy atom. The van der Waals surface area contributed by atoms with Gasteiger partial charge in [0, 0.05) is 18.4 Å². The van der Waals surface area contributed by atoms with E-state index in [1.807, 2.05) is 18.2 Å². The minimum absolute atomic E-state index is 0.0363. The Kier molecular flexibility index (Phi) is 5.70. The van der Waals surface area contributed by atoms with Crippen LogP contribution in [0.2, 0.25) is 0 Å². The van der Waals surface area contributed by atoms with Gasteiger partial charge in [-0.1, -0.05) is 12.1 Å². The number of nitrogens with zero attached hydrogens (tertiary/aromatic N) is 1. The number of ketones is 1. The Hall–Kier alpha value is -2.54. The van der Waals surface area contributed by atoms with E-state index in [9.17, 15) is 14.4 Å². The number of carbonyl (C=O) groups is 3. The summed E-state index contributed by atoms with van der Waals surface area (Å²) in [5.41, 5.74) is 3.67. The molecule has 142 valence electrons. The number of rotatable bonds is 7. The number of amides is 1. The number of carboxylic acid groups (broad SMARTS) is 1. The lowest BCUT2D eigenvalue weighted by Crippen LogP contribution is -2.26. The predicted octanol–water partition coefficient (Wildman–Crippen LogP) is 3.48. The third-order valence-corrected chi connectivity index (χ3v) is 6.08. The van der Waals surface area contributed by atoms with E-state index in [2.05, 4.69) is 10.3 Å². The fraction of sp³-hybridized carbons (Fsp3) is 0.400. The molecule has 2 N–H and O–H groups in total. The summed E-state index contributed by atoms with van der Waals surface area (Å²) < 4.78 is 0. The number of fused-ring (bicyclic) bond motifs is 1. The molecule has 6 nitrogen and oxygen atoms in total. The Bertz CT molecular complexity index is 903.